The molecule has 29 heavy (non-hydrogen) atoms. The van der Waals surface area contributed by atoms with Gasteiger partial charge in [-0.15, -0.1) is 106 Å². The second-order valence-electron chi connectivity index (χ2n) is 6.15. The zero-order valence-electron chi connectivity index (χ0n) is 16.1. The Kier molecular flexibility index (Phi) is 10.9. The van der Waals surface area contributed by atoms with E-state index in [4.69, 9.17) is 64.2 Å². The minimum Gasteiger partial charge on any atom is -0.120 e. The van der Waals surface area contributed by atoms with E-state index >= 15 is 0 Å². The summed E-state index contributed by atoms with van der Waals surface area (Å²) in [6, 6.07) is 0. The Hall–Kier alpha value is -4.40. The predicted octanol–water partition coefficient (Wildman–Crippen LogP) is 2.64. The third-order valence-corrected chi connectivity index (χ3v) is 4.79. The van der Waals surface area contributed by atoms with Crippen LogP contribution in [0.3, 0.4) is 0 Å². The van der Waals surface area contributed by atoms with Crippen molar-refractivity contribution >= 4 is 0 Å². The lowest BCUT2D eigenvalue weighted by Gasteiger charge is -2.34. The van der Waals surface area contributed by atoms with Crippen LogP contribution in [0.4, 0.5) is 0 Å². The lowest BCUT2D eigenvalue weighted by atomic mass is 9.65. The normalized spacial score (nSPS) is 16.1. The molecule has 0 aromatic heterocycles. The van der Waals surface area contributed by atoms with Crippen molar-refractivity contribution in [3.63, 3.8) is 0 Å². The van der Waals surface area contributed by atoms with Crippen LogP contribution in [0.2, 0.25) is 0 Å². The van der Waals surface area contributed by atoms with Gasteiger partial charge in [0.15, 0.2) is 0 Å². The molecule has 0 rings (SSSR count). The average molecular weight is 368 g/mol. The van der Waals surface area contributed by atoms with Gasteiger partial charge in [-0.05, 0) is 0 Å². The predicted molar refractivity (Wildman–Crippen MR) is 121 cm³/mol. The lowest BCUT2D eigenvalue weighted by Crippen LogP contribution is -2.36. The highest BCUT2D eigenvalue weighted by atomic mass is 14.4. The van der Waals surface area contributed by atoms with Crippen LogP contribution >= 0.6 is 0 Å². The number of hydrogen-bond acceptors (Lipinski definition) is 0. The number of terminal acetylenes is 10. The molecule has 0 N–H and O–H groups in total. The van der Waals surface area contributed by atoms with Gasteiger partial charge in [-0.3, -0.25) is 0 Å². The fraction of sp³-hybridized carbons (Fsp3) is 0.310. The van der Waals surface area contributed by atoms with Crippen LogP contribution in [0.15, 0.2) is 0 Å². The summed E-state index contributed by atoms with van der Waals surface area (Å²) >= 11 is 0. The molecule has 7 atom stereocenters. The Labute approximate surface area is 177 Å². The molecule has 7 unspecified atom stereocenters. The van der Waals surface area contributed by atoms with E-state index in [2.05, 4.69) is 59.2 Å². The average Bonchev–Trinajstić information content (AvgIpc) is 2.75. The van der Waals surface area contributed by atoms with Crippen LogP contribution in [0.1, 0.15) is 6.42 Å². The lowest BCUT2D eigenvalue weighted by molar-refractivity contribution is 0.245. The molecule has 0 spiro atoms. The number of hydrogen-bond donors (Lipinski definition) is 0. The van der Waals surface area contributed by atoms with Crippen molar-refractivity contribution in [1.82, 2.24) is 0 Å². The van der Waals surface area contributed by atoms with Gasteiger partial charge in [0.05, 0.1) is 23.7 Å². The van der Waals surface area contributed by atoms with Gasteiger partial charge in [-0.25, -0.2) is 0 Å². The van der Waals surface area contributed by atoms with Gasteiger partial charge in [-0.1, -0.05) is 17.8 Å². The van der Waals surface area contributed by atoms with Crippen LogP contribution < -0.4 is 0 Å². The molecule has 0 nitrogen and oxygen atoms in total. The van der Waals surface area contributed by atoms with E-state index < -0.39 is 47.3 Å². The zero-order chi connectivity index (χ0) is 22.4. The van der Waals surface area contributed by atoms with Gasteiger partial charge in [-0.2, -0.15) is 0 Å². The monoisotopic (exact) mass is 368 g/mol. The fourth-order valence-electron chi connectivity index (χ4n) is 3.27. The first-order chi connectivity index (χ1) is 14.0. The van der Waals surface area contributed by atoms with Gasteiger partial charge >= 0.3 is 0 Å². The van der Waals surface area contributed by atoms with E-state index in [0.717, 1.165) is 0 Å². The van der Waals surface area contributed by atoms with Gasteiger partial charge in [0.2, 0.25) is 0 Å². The first-order valence-electron chi connectivity index (χ1n) is 8.58. The van der Waals surface area contributed by atoms with Crippen LogP contribution in [-0.2, 0) is 0 Å². The summed E-state index contributed by atoms with van der Waals surface area (Å²) in [5.74, 6) is 20.4. The summed E-state index contributed by atoms with van der Waals surface area (Å²) in [5.41, 5.74) is 0. The molecular formula is C29H20. The van der Waals surface area contributed by atoms with Gasteiger partial charge in [0.1, 0.15) is 0 Å². The maximum absolute atomic E-state index is 5.81. The van der Waals surface area contributed by atoms with E-state index in [1.54, 1.807) is 0 Å². The topological polar surface area (TPSA) is 0 Å². The minimum atomic E-state index is -0.726. The summed E-state index contributed by atoms with van der Waals surface area (Å²) in [6.07, 6.45) is 56.8. The van der Waals surface area contributed by atoms with Crippen molar-refractivity contribution in [3.8, 4) is 123 Å². The largest absolute Gasteiger partial charge is 0.120 e. The van der Waals surface area contributed by atoms with Crippen molar-refractivity contribution in [2.45, 2.75) is 6.42 Å². The highest BCUT2D eigenvalue weighted by Crippen LogP contribution is 2.38. The van der Waals surface area contributed by atoms with E-state index in [-0.39, 0.29) is 6.42 Å². The Morgan fingerprint density at radius 2 is 0.724 bits per heavy atom. The van der Waals surface area contributed by atoms with Crippen LogP contribution in [-0.4, -0.2) is 0 Å². The maximum atomic E-state index is 5.81. The third kappa shape index (κ3) is 5.54. The molecular weight excluding hydrogens is 348 g/mol. The van der Waals surface area contributed by atoms with Crippen molar-refractivity contribution in [2.24, 2.45) is 47.3 Å². The Morgan fingerprint density at radius 3 is 1.00 bits per heavy atom. The quantitative estimate of drug-likeness (QED) is 0.578. The molecule has 0 aliphatic rings. The van der Waals surface area contributed by atoms with E-state index in [1.165, 1.54) is 0 Å². The summed E-state index contributed by atoms with van der Waals surface area (Å²) in [6.45, 7) is 0. The first-order valence-corrected chi connectivity index (χ1v) is 8.58. The molecule has 0 saturated carbocycles. The van der Waals surface area contributed by atoms with Crippen molar-refractivity contribution in [3.05, 3.63) is 0 Å². The summed E-state index contributed by atoms with van der Waals surface area (Å²) in [7, 11) is 0. The van der Waals surface area contributed by atoms with Crippen molar-refractivity contribution in [1.29, 1.82) is 0 Å². The summed E-state index contributed by atoms with van der Waals surface area (Å²) < 4.78 is 0. The first kappa shape index (κ1) is 24.6. The van der Waals surface area contributed by atoms with E-state index in [0.29, 0.717) is 0 Å². The molecule has 0 saturated heterocycles. The molecule has 0 aromatic rings. The highest BCUT2D eigenvalue weighted by molar-refractivity contribution is 5.29. The van der Waals surface area contributed by atoms with Gasteiger partial charge < -0.3 is 0 Å². The Balaban J connectivity index is 6.39. The Morgan fingerprint density at radius 1 is 0.379 bits per heavy atom. The van der Waals surface area contributed by atoms with Crippen molar-refractivity contribution in [2.75, 3.05) is 0 Å². The maximum Gasteiger partial charge on any atom is 0.0955 e. The van der Waals surface area contributed by atoms with Crippen LogP contribution in [0.5, 0.6) is 0 Å². The van der Waals surface area contributed by atoms with E-state index in [1.807, 2.05) is 0 Å². The molecule has 0 heteroatoms. The van der Waals surface area contributed by atoms with Crippen LogP contribution in [0, 0.1) is 171 Å². The highest BCUT2D eigenvalue weighted by Gasteiger charge is 2.40. The molecule has 0 amide bonds. The summed E-state index contributed by atoms with van der Waals surface area (Å²) in [4.78, 5) is 0. The molecule has 0 radical (unpaired) electrons. The number of rotatable bonds is 8. The zero-order valence-corrected chi connectivity index (χ0v) is 16.1. The smallest absolute Gasteiger partial charge is 0.0955 e. The Bertz CT molecular complexity index is 980. The second-order valence-corrected chi connectivity index (χ2v) is 6.15. The molecule has 0 aromatic carbocycles. The fourth-order valence-corrected chi connectivity index (χ4v) is 3.27. The second kappa shape index (κ2) is 12.9. The third-order valence-electron chi connectivity index (χ3n) is 4.79. The molecule has 0 bridgehead atoms. The molecule has 136 valence electrons. The van der Waals surface area contributed by atoms with Crippen molar-refractivity contribution < 1.29 is 0 Å². The van der Waals surface area contributed by atoms with Gasteiger partial charge in [0.25, 0.3) is 0 Å². The van der Waals surface area contributed by atoms with Gasteiger partial charge in [0, 0.05) is 30.1 Å². The standard InChI is InChI=1S/C29H20/c1-11-21-23(14-4)25(16-6)27(18-8)29(20-10)28(19-9)26(17-7)24(15-5)22(12-2)13-3/h1-10,22-29H,21H2. The molecule has 0 aliphatic carbocycles. The van der Waals surface area contributed by atoms with Crippen LogP contribution in [0.25, 0.3) is 0 Å². The molecule has 0 fully saturated rings. The molecule has 0 aliphatic heterocycles. The SMILES string of the molecule is C#CCC(C#C)C(C#C)C(C#C)C(C#C)C(C#C)C(C#C)C(C#C)C(C#C)C#C. The molecule has 0 heterocycles. The summed E-state index contributed by atoms with van der Waals surface area (Å²) in [5, 5.41) is 0. The minimum absolute atomic E-state index is 0.239. The van der Waals surface area contributed by atoms with E-state index in [9.17, 15) is 0 Å².